The summed E-state index contributed by atoms with van der Waals surface area (Å²) in [5.41, 5.74) is 4.72. The minimum absolute atomic E-state index is 0.0357. The summed E-state index contributed by atoms with van der Waals surface area (Å²) in [5.74, 6) is 0.150. The number of nitrogens with zero attached hydrogens (tertiary/aromatic N) is 2. The van der Waals surface area contributed by atoms with E-state index >= 15 is 0 Å². The standard InChI is InChI=1S/C37H48N2O4/c1-28-33(34(40)29(2)36(43-3)35(28)41)18-13-8-6-4-5-7-9-14-23-38-24-15-25-39(27-26-38)37(42)32-21-19-31(20-22-32)30-16-11-10-12-17-30/h10-12,16-17,19-22H,4-9,13-15,18,23-27H2,1-3H3. The molecule has 2 aliphatic rings. The first kappa shape index (κ1) is 32.4. The van der Waals surface area contributed by atoms with Crippen LogP contribution in [0.1, 0.15) is 88.4 Å². The van der Waals surface area contributed by atoms with E-state index < -0.39 is 0 Å². The molecule has 230 valence electrons. The van der Waals surface area contributed by atoms with Gasteiger partial charge in [0.05, 0.1) is 7.11 Å². The fourth-order valence-corrected chi connectivity index (χ4v) is 6.24. The monoisotopic (exact) mass is 584 g/mol. The number of hydrogen-bond acceptors (Lipinski definition) is 5. The van der Waals surface area contributed by atoms with Crippen molar-refractivity contribution in [3.8, 4) is 11.1 Å². The van der Waals surface area contributed by atoms with Crippen molar-refractivity contribution in [2.24, 2.45) is 0 Å². The molecule has 6 nitrogen and oxygen atoms in total. The number of ketones is 2. The molecule has 1 amide bonds. The molecule has 2 aromatic rings. The summed E-state index contributed by atoms with van der Waals surface area (Å²) < 4.78 is 5.14. The average molecular weight is 585 g/mol. The zero-order valence-electron chi connectivity index (χ0n) is 26.3. The summed E-state index contributed by atoms with van der Waals surface area (Å²) in [4.78, 5) is 42.8. The summed E-state index contributed by atoms with van der Waals surface area (Å²) in [6.45, 7) is 8.15. The van der Waals surface area contributed by atoms with Crippen LogP contribution < -0.4 is 0 Å². The van der Waals surface area contributed by atoms with E-state index in [4.69, 9.17) is 4.74 Å². The molecule has 0 radical (unpaired) electrons. The van der Waals surface area contributed by atoms with E-state index in [1.807, 2.05) is 47.4 Å². The Hall–Kier alpha value is -3.51. The third kappa shape index (κ3) is 8.76. The van der Waals surface area contributed by atoms with Gasteiger partial charge in [-0.15, -0.1) is 0 Å². The number of Topliss-reactive ketones (excluding diaryl/α,β-unsaturated/α-hetero) is 2. The van der Waals surface area contributed by atoms with Gasteiger partial charge in [0.2, 0.25) is 5.78 Å². The Balaban J connectivity index is 1.06. The van der Waals surface area contributed by atoms with E-state index in [1.54, 1.807) is 13.8 Å². The second-order valence-electron chi connectivity index (χ2n) is 11.9. The van der Waals surface area contributed by atoms with Crippen molar-refractivity contribution < 1.29 is 19.1 Å². The average Bonchev–Trinajstić information content (AvgIpc) is 3.28. The van der Waals surface area contributed by atoms with Crippen molar-refractivity contribution in [3.63, 3.8) is 0 Å². The Morgan fingerprint density at radius 3 is 2.00 bits per heavy atom. The zero-order valence-corrected chi connectivity index (χ0v) is 26.3. The Kier molecular flexibility index (Phi) is 12.3. The second-order valence-corrected chi connectivity index (χ2v) is 11.9. The van der Waals surface area contributed by atoms with Crippen molar-refractivity contribution in [3.05, 3.63) is 82.6 Å². The highest BCUT2D eigenvalue weighted by Gasteiger charge is 2.30. The molecular formula is C37H48N2O4. The molecule has 0 unspecified atom stereocenters. The Bertz CT molecular complexity index is 1310. The largest absolute Gasteiger partial charge is 0.492 e. The number of carbonyl (C=O) groups excluding carboxylic acids is 3. The molecule has 1 fully saturated rings. The van der Waals surface area contributed by atoms with Crippen LogP contribution in [0.2, 0.25) is 0 Å². The zero-order chi connectivity index (χ0) is 30.6. The maximum atomic E-state index is 13.2. The second kappa shape index (κ2) is 16.4. The molecule has 2 aromatic carbocycles. The molecule has 6 heteroatoms. The van der Waals surface area contributed by atoms with Gasteiger partial charge in [-0.3, -0.25) is 14.4 Å². The van der Waals surface area contributed by atoms with Crippen molar-refractivity contribution in [1.29, 1.82) is 0 Å². The predicted molar refractivity (Wildman–Crippen MR) is 173 cm³/mol. The molecule has 1 saturated heterocycles. The topological polar surface area (TPSA) is 66.9 Å². The van der Waals surface area contributed by atoms with Crippen LogP contribution in [0.25, 0.3) is 11.1 Å². The minimum Gasteiger partial charge on any atom is -0.492 e. The molecule has 0 bridgehead atoms. The van der Waals surface area contributed by atoms with Crippen LogP contribution in [0, 0.1) is 0 Å². The first-order valence-electron chi connectivity index (χ1n) is 16.1. The van der Waals surface area contributed by atoms with Gasteiger partial charge in [0.1, 0.15) is 0 Å². The van der Waals surface area contributed by atoms with Crippen molar-refractivity contribution in [2.45, 2.75) is 78.1 Å². The summed E-state index contributed by atoms with van der Waals surface area (Å²) in [7, 11) is 1.45. The highest BCUT2D eigenvalue weighted by atomic mass is 16.5. The number of methoxy groups -OCH3 is 1. The highest BCUT2D eigenvalue weighted by molar-refractivity contribution is 6.23. The minimum atomic E-state index is -0.148. The molecule has 0 aromatic heterocycles. The van der Waals surface area contributed by atoms with Crippen LogP contribution in [0.3, 0.4) is 0 Å². The third-order valence-corrected chi connectivity index (χ3v) is 8.92. The Morgan fingerprint density at radius 2 is 1.33 bits per heavy atom. The molecule has 0 saturated carbocycles. The fraction of sp³-hybridized carbons (Fsp3) is 0.486. The normalized spacial score (nSPS) is 16.6. The van der Waals surface area contributed by atoms with Crippen LogP contribution in [0.15, 0.2) is 77.1 Å². The Labute approximate surface area is 257 Å². The molecular weight excluding hydrogens is 536 g/mol. The summed E-state index contributed by atoms with van der Waals surface area (Å²) in [6, 6.07) is 18.3. The van der Waals surface area contributed by atoms with Crippen LogP contribution in [-0.2, 0) is 14.3 Å². The maximum absolute atomic E-state index is 13.2. The number of unbranched alkanes of at least 4 members (excludes halogenated alkanes) is 7. The lowest BCUT2D eigenvalue weighted by Crippen LogP contribution is -2.35. The van der Waals surface area contributed by atoms with E-state index in [-0.39, 0.29) is 23.2 Å². The van der Waals surface area contributed by atoms with E-state index in [2.05, 4.69) is 17.0 Å². The van der Waals surface area contributed by atoms with Gasteiger partial charge in [0.15, 0.2) is 11.5 Å². The van der Waals surface area contributed by atoms with Gasteiger partial charge in [-0.25, -0.2) is 0 Å². The van der Waals surface area contributed by atoms with E-state index in [0.717, 1.165) is 69.5 Å². The lowest BCUT2D eigenvalue weighted by atomic mass is 9.86. The molecule has 0 N–H and O–H groups in total. The van der Waals surface area contributed by atoms with Gasteiger partial charge in [-0.05, 0) is 75.9 Å². The number of ether oxygens (including phenoxy) is 1. The SMILES string of the molecule is COC1=C(C)C(=O)C(CCCCCCCCCCN2CCCN(C(=O)c3ccc(-c4ccccc4)cc3)CC2)=C(C)C1=O. The van der Waals surface area contributed by atoms with Crippen molar-refractivity contribution in [2.75, 3.05) is 39.8 Å². The number of carbonyl (C=O) groups is 3. The molecule has 1 heterocycles. The molecule has 0 spiro atoms. The first-order valence-corrected chi connectivity index (χ1v) is 16.1. The maximum Gasteiger partial charge on any atom is 0.253 e. The van der Waals surface area contributed by atoms with E-state index in [9.17, 15) is 14.4 Å². The van der Waals surface area contributed by atoms with Crippen LogP contribution in [-0.4, -0.2) is 67.1 Å². The number of rotatable bonds is 14. The molecule has 0 atom stereocenters. The van der Waals surface area contributed by atoms with Crippen molar-refractivity contribution in [1.82, 2.24) is 9.80 Å². The number of benzene rings is 2. The lowest BCUT2D eigenvalue weighted by Gasteiger charge is -2.22. The Morgan fingerprint density at radius 1 is 0.698 bits per heavy atom. The summed E-state index contributed by atoms with van der Waals surface area (Å²) in [6.07, 6.45) is 11.0. The molecule has 1 aliphatic carbocycles. The van der Waals surface area contributed by atoms with E-state index in [1.165, 1.54) is 44.8 Å². The number of allylic oxidation sites excluding steroid dienone is 3. The van der Waals surface area contributed by atoms with E-state index in [0.29, 0.717) is 23.1 Å². The van der Waals surface area contributed by atoms with Gasteiger partial charge in [0.25, 0.3) is 5.91 Å². The van der Waals surface area contributed by atoms with Crippen LogP contribution >= 0.6 is 0 Å². The number of amides is 1. The predicted octanol–water partition coefficient (Wildman–Crippen LogP) is 7.40. The number of hydrogen-bond donors (Lipinski definition) is 0. The summed E-state index contributed by atoms with van der Waals surface area (Å²) >= 11 is 0. The van der Waals surface area contributed by atoms with Gasteiger partial charge in [-0.1, -0.05) is 81.0 Å². The molecule has 1 aliphatic heterocycles. The van der Waals surface area contributed by atoms with Gasteiger partial charge >= 0.3 is 0 Å². The molecule has 43 heavy (non-hydrogen) atoms. The lowest BCUT2D eigenvalue weighted by molar-refractivity contribution is -0.118. The first-order chi connectivity index (χ1) is 20.9. The summed E-state index contributed by atoms with van der Waals surface area (Å²) in [5, 5.41) is 0. The van der Waals surface area contributed by atoms with Crippen molar-refractivity contribution >= 4 is 17.5 Å². The van der Waals surface area contributed by atoms with Gasteiger partial charge in [-0.2, -0.15) is 0 Å². The van der Waals surface area contributed by atoms with Gasteiger partial charge in [0, 0.05) is 41.9 Å². The smallest absolute Gasteiger partial charge is 0.253 e. The van der Waals surface area contributed by atoms with Crippen LogP contribution in [0.5, 0.6) is 0 Å². The fourth-order valence-electron chi connectivity index (χ4n) is 6.24. The molecule has 4 rings (SSSR count). The van der Waals surface area contributed by atoms with Gasteiger partial charge < -0.3 is 14.5 Å². The third-order valence-electron chi connectivity index (χ3n) is 8.92. The highest BCUT2D eigenvalue weighted by Crippen LogP contribution is 2.28. The van der Waals surface area contributed by atoms with Crippen LogP contribution in [0.4, 0.5) is 0 Å². The quantitative estimate of drug-likeness (QED) is 0.171.